The molecule has 17 rings (SSSR count). The van der Waals surface area contributed by atoms with Crippen LogP contribution in [0.15, 0.2) is 328 Å². The number of fused-ring (bicyclic) bond motifs is 8. The summed E-state index contributed by atoms with van der Waals surface area (Å²) in [5.74, 6) is 0. The Labute approximate surface area is 549 Å². The lowest BCUT2D eigenvalue weighted by Crippen LogP contribution is -2.41. The molecule has 0 aliphatic carbocycles. The summed E-state index contributed by atoms with van der Waals surface area (Å²) in [5.41, 5.74) is 18.2. The summed E-state index contributed by atoms with van der Waals surface area (Å²) >= 11 is 0. The number of benzene rings is 13. The number of aromatic nitrogens is 3. The van der Waals surface area contributed by atoms with Gasteiger partial charge in [-0.3, -0.25) is 4.98 Å². The van der Waals surface area contributed by atoms with Crippen LogP contribution in [0.5, 0.6) is 0 Å². The topological polar surface area (TPSA) is 47.7 Å². The molecule has 13 aromatic carbocycles. The van der Waals surface area contributed by atoms with E-state index in [0.29, 0.717) is 0 Å². The average Bonchev–Trinajstić information content (AvgIpc) is 1.67. The summed E-state index contributed by atoms with van der Waals surface area (Å²) in [4.78, 5) is 9.53. The molecule has 8 heteroatoms. The van der Waals surface area contributed by atoms with Crippen LogP contribution in [0, 0.1) is 0 Å². The third kappa shape index (κ3) is 10.6. The Morgan fingerprint density at radius 1 is 0.309 bits per heavy atom. The number of hydrogen-bond acceptors (Lipinski definition) is 5. The van der Waals surface area contributed by atoms with Crippen LogP contribution < -0.4 is 15.3 Å². The van der Waals surface area contributed by atoms with Crippen LogP contribution in [0.4, 0.5) is 34.1 Å². The molecule has 1 fully saturated rings. The standard InChI is InChI=1S/C57H38N4.C28H28BNO2.CH4/c1-2-17-44(18-3-1)59(53-28-14-16-40-15-4-5-19-48(40)53)45-31-29-39(30-32-45)42-33-43(38-58-37-42)41-34-46(60-54-24-10-6-20-49(54)50-21-7-11-25-55(50)60)36-47(35-41)61-56-26-12-8-22-51(56)52-23-9-13-27-57(52)61;1-27(2)28(3,4)32-29(31-27)22-17-19-24(20-18-22)30(23-13-6-5-7-14-23)26-16-10-12-21-11-8-9-15-25(21)26;/h1-38H;5-20H,1-4H3;1H4. The second-order valence-electron chi connectivity index (χ2n) is 25.0. The highest BCUT2D eigenvalue weighted by Gasteiger charge is 2.51. The fourth-order valence-corrected chi connectivity index (χ4v) is 13.6. The lowest BCUT2D eigenvalue weighted by atomic mass is 9.79. The van der Waals surface area contributed by atoms with Crippen molar-refractivity contribution in [3.63, 3.8) is 0 Å². The van der Waals surface area contributed by atoms with Crippen molar-refractivity contribution in [2.75, 3.05) is 9.80 Å². The van der Waals surface area contributed by atoms with Crippen molar-refractivity contribution in [1.82, 2.24) is 14.1 Å². The molecule has 94 heavy (non-hydrogen) atoms. The van der Waals surface area contributed by atoms with Gasteiger partial charge in [-0.15, -0.1) is 0 Å². The number of nitrogens with zero attached hydrogens (tertiary/aromatic N) is 5. The predicted molar refractivity (Wildman–Crippen MR) is 397 cm³/mol. The van der Waals surface area contributed by atoms with Gasteiger partial charge in [0.2, 0.25) is 0 Å². The first kappa shape index (κ1) is 59.0. The highest BCUT2D eigenvalue weighted by Crippen LogP contribution is 2.44. The maximum Gasteiger partial charge on any atom is 0.494 e. The van der Waals surface area contributed by atoms with Crippen molar-refractivity contribution < 1.29 is 9.31 Å². The molecule has 1 aliphatic heterocycles. The molecule has 7 nitrogen and oxygen atoms in total. The Hall–Kier alpha value is -11.3. The van der Waals surface area contributed by atoms with Crippen molar-refractivity contribution in [1.29, 1.82) is 0 Å². The fourth-order valence-electron chi connectivity index (χ4n) is 13.6. The van der Waals surface area contributed by atoms with Gasteiger partial charge in [-0.2, -0.15) is 0 Å². The van der Waals surface area contributed by atoms with E-state index in [-0.39, 0.29) is 25.7 Å². The van der Waals surface area contributed by atoms with Crippen LogP contribution in [-0.4, -0.2) is 32.4 Å². The average molecular weight is 1220 g/mol. The van der Waals surface area contributed by atoms with Gasteiger partial charge in [0.05, 0.1) is 44.6 Å². The van der Waals surface area contributed by atoms with E-state index in [1.807, 2.05) is 18.5 Å². The minimum absolute atomic E-state index is 0. The number of rotatable bonds is 11. The highest BCUT2D eigenvalue weighted by atomic mass is 16.7. The predicted octanol–water partition coefficient (Wildman–Crippen LogP) is 22.5. The Kier molecular flexibility index (Phi) is 15.3. The van der Waals surface area contributed by atoms with Crippen LogP contribution in [0.2, 0.25) is 0 Å². The molecule has 4 heterocycles. The van der Waals surface area contributed by atoms with Gasteiger partial charge < -0.3 is 28.2 Å². The molecule has 1 aliphatic rings. The smallest absolute Gasteiger partial charge is 0.399 e. The zero-order chi connectivity index (χ0) is 62.6. The molecule has 0 N–H and O–H groups in total. The Balaban J connectivity index is 0.000000186. The minimum Gasteiger partial charge on any atom is -0.399 e. The fraction of sp³-hybridized carbons (Fsp3) is 0.0814. The lowest BCUT2D eigenvalue weighted by molar-refractivity contribution is 0.00578. The quantitative estimate of drug-likeness (QED) is 0.121. The molecule has 0 amide bonds. The molecular weight excluding hydrogens is 1150 g/mol. The molecular formula is C86H70BN5O2. The van der Waals surface area contributed by atoms with E-state index in [9.17, 15) is 0 Å². The minimum atomic E-state index is -0.364. The van der Waals surface area contributed by atoms with E-state index in [1.54, 1.807) is 0 Å². The Morgan fingerprint density at radius 2 is 0.649 bits per heavy atom. The van der Waals surface area contributed by atoms with E-state index in [2.05, 4.69) is 356 Å². The number of anilines is 6. The summed E-state index contributed by atoms with van der Waals surface area (Å²) in [5, 5.41) is 9.80. The summed E-state index contributed by atoms with van der Waals surface area (Å²) in [7, 11) is -0.364. The third-order valence-corrected chi connectivity index (χ3v) is 18.8. The van der Waals surface area contributed by atoms with E-state index in [0.717, 1.165) is 73.2 Å². The maximum atomic E-state index is 6.24. The molecule has 0 saturated carbocycles. The SMILES string of the molecule is C.CC1(C)OB(c2ccc(N(c3ccccc3)c3cccc4ccccc34)cc2)OC1(C)C.c1ccc(N(c2ccc(-c3cncc(-c4cc(-n5c6ccccc6c6ccccc65)cc(-n5c6ccccc6c6ccccc65)c4)c3)cc2)c2cccc3ccccc23)cc1. The van der Waals surface area contributed by atoms with Gasteiger partial charge in [0.1, 0.15) is 0 Å². The summed E-state index contributed by atoms with van der Waals surface area (Å²) in [6, 6.07) is 113. The van der Waals surface area contributed by atoms with Crippen LogP contribution in [-0.2, 0) is 9.31 Å². The van der Waals surface area contributed by atoms with Crippen LogP contribution in [0.3, 0.4) is 0 Å². The summed E-state index contributed by atoms with van der Waals surface area (Å²) < 4.78 is 17.3. The molecule has 0 atom stereocenters. The van der Waals surface area contributed by atoms with Gasteiger partial charge in [-0.05, 0) is 164 Å². The second kappa shape index (κ2) is 24.4. The largest absolute Gasteiger partial charge is 0.494 e. The Bertz CT molecular complexity index is 5160. The van der Waals surface area contributed by atoms with E-state index in [4.69, 9.17) is 14.3 Å². The van der Waals surface area contributed by atoms with Crippen molar-refractivity contribution in [2.45, 2.75) is 46.3 Å². The number of para-hydroxylation sites is 6. The normalized spacial score (nSPS) is 13.3. The van der Waals surface area contributed by atoms with Crippen LogP contribution in [0.1, 0.15) is 35.1 Å². The van der Waals surface area contributed by atoms with Gasteiger partial charge in [-0.1, -0.05) is 214 Å². The molecule has 16 aromatic rings. The molecule has 0 radical (unpaired) electrons. The number of hydrogen-bond donors (Lipinski definition) is 0. The van der Waals surface area contributed by atoms with Gasteiger partial charge in [0, 0.05) is 90.0 Å². The third-order valence-electron chi connectivity index (χ3n) is 18.8. The zero-order valence-corrected chi connectivity index (χ0v) is 52.3. The number of pyridine rings is 1. The van der Waals surface area contributed by atoms with Gasteiger partial charge in [0.25, 0.3) is 0 Å². The van der Waals surface area contributed by atoms with E-state index >= 15 is 0 Å². The summed E-state index contributed by atoms with van der Waals surface area (Å²) in [6.07, 6.45) is 3.97. The first-order valence-corrected chi connectivity index (χ1v) is 31.9. The van der Waals surface area contributed by atoms with Gasteiger partial charge in [0.15, 0.2) is 0 Å². The van der Waals surface area contributed by atoms with Gasteiger partial charge in [-0.25, -0.2) is 0 Å². The van der Waals surface area contributed by atoms with Crippen molar-refractivity contribution in [3.05, 3.63) is 328 Å². The van der Waals surface area contributed by atoms with Gasteiger partial charge >= 0.3 is 7.12 Å². The lowest BCUT2D eigenvalue weighted by Gasteiger charge is -2.32. The van der Waals surface area contributed by atoms with Crippen LogP contribution in [0.25, 0.3) is 98.8 Å². The molecule has 0 spiro atoms. The molecule has 3 aromatic heterocycles. The summed E-state index contributed by atoms with van der Waals surface area (Å²) in [6.45, 7) is 8.33. The second-order valence-corrected chi connectivity index (χ2v) is 25.0. The van der Waals surface area contributed by atoms with E-state index < -0.39 is 0 Å². The van der Waals surface area contributed by atoms with Crippen molar-refractivity contribution in [3.8, 4) is 33.6 Å². The molecule has 0 unspecified atom stereocenters. The monoisotopic (exact) mass is 1220 g/mol. The molecule has 454 valence electrons. The first-order valence-electron chi connectivity index (χ1n) is 31.9. The Morgan fingerprint density at radius 3 is 1.07 bits per heavy atom. The van der Waals surface area contributed by atoms with Crippen molar-refractivity contribution in [2.24, 2.45) is 0 Å². The molecule has 1 saturated heterocycles. The van der Waals surface area contributed by atoms with E-state index in [1.165, 1.54) is 65.2 Å². The highest BCUT2D eigenvalue weighted by molar-refractivity contribution is 6.62. The molecule has 0 bridgehead atoms. The maximum absolute atomic E-state index is 6.24. The zero-order valence-electron chi connectivity index (χ0n) is 52.3. The first-order chi connectivity index (χ1) is 45.6. The van der Waals surface area contributed by atoms with Crippen LogP contribution >= 0.6 is 0 Å². The van der Waals surface area contributed by atoms with Crippen molar-refractivity contribution >= 4 is 112 Å².